The Morgan fingerprint density at radius 3 is 2.67 bits per heavy atom. The number of carbonyl (C=O) groups excluding carboxylic acids is 1. The maximum atomic E-state index is 11.9. The first-order valence-electron chi connectivity index (χ1n) is 6.80. The topological polar surface area (TPSA) is 98.5 Å². The number of rotatable bonds is 6. The molecule has 0 saturated heterocycles. The van der Waals surface area contributed by atoms with E-state index in [4.69, 9.17) is 9.88 Å². The zero-order chi connectivity index (χ0) is 15.6. The number of methoxy groups -OCH3 is 1. The molecule has 1 aliphatic rings. The van der Waals surface area contributed by atoms with E-state index < -0.39 is 10.0 Å². The van der Waals surface area contributed by atoms with Crippen molar-refractivity contribution in [2.75, 3.05) is 7.11 Å². The fourth-order valence-corrected chi connectivity index (χ4v) is 3.01. The Morgan fingerprint density at radius 2 is 2.14 bits per heavy atom. The van der Waals surface area contributed by atoms with Gasteiger partial charge in [0, 0.05) is 6.04 Å². The summed E-state index contributed by atoms with van der Waals surface area (Å²) in [6.45, 7) is 1.99. The first-order valence-corrected chi connectivity index (χ1v) is 8.35. The van der Waals surface area contributed by atoms with Gasteiger partial charge in [-0.2, -0.15) is 0 Å². The molecule has 2 rings (SSSR count). The maximum absolute atomic E-state index is 11.9. The van der Waals surface area contributed by atoms with Crippen LogP contribution in [0.15, 0.2) is 23.1 Å². The molecule has 21 heavy (non-hydrogen) atoms. The van der Waals surface area contributed by atoms with Crippen molar-refractivity contribution in [2.24, 2.45) is 11.1 Å². The molecule has 0 heterocycles. The monoisotopic (exact) mass is 312 g/mol. The van der Waals surface area contributed by atoms with Gasteiger partial charge in [-0.1, -0.05) is 6.07 Å². The van der Waals surface area contributed by atoms with Crippen LogP contribution in [0.3, 0.4) is 0 Å². The van der Waals surface area contributed by atoms with Crippen molar-refractivity contribution in [1.29, 1.82) is 0 Å². The first kappa shape index (κ1) is 15.8. The van der Waals surface area contributed by atoms with E-state index in [2.05, 4.69) is 5.32 Å². The number of nitrogens with two attached hydrogens (primary N) is 1. The second-order valence-electron chi connectivity index (χ2n) is 5.40. The van der Waals surface area contributed by atoms with Crippen molar-refractivity contribution in [1.82, 2.24) is 5.32 Å². The summed E-state index contributed by atoms with van der Waals surface area (Å²) >= 11 is 0. The predicted octanol–water partition coefficient (Wildman–Crippen LogP) is 0.800. The third-order valence-corrected chi connectivity index (χ3v) is 4.55. The molecule has 1 amide bonds. The quantitative estimate of drug-likeness (QED) is 0.811. The highest BCUT2D eigenvalue weighted by atomic mass is 32.2. The molecule has 1 aromatic carbocycles. The van der Waals surface area contributed by atoms with Crippen LogP contribution in [0, 0.1) is 5.92 Å². The Bertz CT molecular complexity index is 638. The molecule has 1 aliphatic carbocycles. The second-order valence-corrected chi connectivity index (χ2v) is 6.93. The largest absolute Gasteiger partial charge is 0.495 e. The average molecular weight is 312 g/mol. The molecule has 1 saturated carbocycles. The van der Waals surface area contributed by atoms with Gasteiger partial charge in [-0.05, 0) is 43.4 Å². The van der Waals surface area contributed by atoms with Crippen LogP contribution >= 0.6 is 0 Å². The minimum atomic E-state index is -3.89. The van der Waals surface area contributed by atoms with Crippen molar-refractivity contribution >= 4 is 15.9 Å². The Balaban J connectivity index is 2.11. The van der Waals surface area contributed by atoms with Crippen LogP contribution < -0.4 is 15.2 Å². The van der Waals surface area contributed by atoms with Crippen molar-refractivity contribution in [3.63, 3.8) is 0 Å². The number of benzene rings is 1. The highest BCUT2D eigenvalue weighted by molar-refractivity contribution is 7.89. The van der Waals surface area contributed by atoms with Gasteiger partial charge in [-0.15, -0.1) is 0 Å². The smallest absolute Gasteiger partial charge is 0.241 e. The number of primary sulfonamides is 1. The van der Waals surface area contributed by atoms with Crippen LogP contribution in [0.25, 0.3) is 0 Å². The lowest BCUT2D eigenvalue weighted by Crippen LogP contribution is -2.35. The third kappa shape index (κ3) is 4.18. The molecule has 1 atom stereocenters. The van der Waals surface area contributed by atoms with E-state index in [1.807, 2.05) is 6.92 Å². The van der Waals surface area contributed by atoms with Gasteiger partial charge in [0.2, 0.25) is 15.9 Å². The Morgan fingerprint density at radius 1 is 1.48 bits per heavy atom. The zero-order valence-corrected chi connectivity index (χ0v) is 12.9. The minimum absolute atomic E-state index is 0.106. The van der Waals surface area contributed by atoms with Gasteiger partial charge < -0.3 is 10.1 Å². The highest BCUT2D eigenvalue weighted by Gasteiger charge is 2.28. The number of amides is 1. The van der Waals surface area contributed by atoms with E-state index in [0.29, 0.717) is 11.5 Å². The molecule has 1 unspecified atom stereocenters. The summed E-state index contributed by atoms with van der Waals surface area (Å²) in [6, 6.07) is 4.71. The van der Waals surface area contributed by atoms with Crippen LogP contribution in [0.1, 0.15) is 25.3 Å². The summed E-state index contributed by atoms with van der Waals surface area (Å²) in [5, 5.41) is 8.08. The van der Waals surface area contributed by atoms with Crippen LogP contribution in [0.4, 0.5) is 0 Å². The number of hydrogen-bond acceptors (Lipinski definition) is 4. The molecule has 7 heteroatoms. The summed E-state index contributed by atoms with van der Waals surface area (Å²) in [5.74, 6) is 0.623. The normalized spacial score (nSPS) is 16.3. The Hall–Kier alpha value is -1.60. The SMILES string of the molecule is COc1ccc(CC(=O)NC(C)C2CC2)cc1S(N)(=O)=O. The van der Waals surface area contributed by atoms with Crippen LogP contribution in [0.2, 0.25) is 0 Å². The number of carbonyl (C=O) groups is 1. The average Bonchev–Trinajstić information content (AvgIpc) is 3.21. The van der Waals surface area contributed by atoms with E-state index >= 15 is 0 Å². The van der Waals surface area contributed by atoms with Gasteiger partial charge in [0.15, 0.2) is 0 Å². The van der Waals surface area contributed by atoms with E-state index in [-0.39, 0.29) is 29.0 Å². The molecular formula is C14H20N2O4S. The standard InChI is InChI=1S/C14H20N2O4S/c1-9(11-4-5-11)16-14(17)8-10-3-6-12(20-2)13(7-10)21(15,18)19/h3,6-7,9,11H,4-5,8H2,1-2H3,(H,16,17)(H2,15,18,19). The highest BCUT2D eigenvalue weighted by Crippen LogP contribution is 2.32. The molecule has 116 valence electrons. The number of ether oxygens (including phenoxy) is 1. The van der Waals surface area contributed by atoms with E-state index in [1.54, 1.807) is 6.07 Å². The molecule has 0 spiro atoms. The van der Waals surface area contributed by atoms with Gasteiger partial charge in [0.1, 0.15) is 10.6 Å². The predicted molar refractivity (Wildman–Crippen MR) is 78.4 cm³/mol. The maximum Gasteiger partial charge on any atom is 0.241 e. The first-order chi connectivity index (χ1) is 9.81. The molecule has 6 nitrogen and oxygen atoms in total. The van der Waals surface area contributed by atoms with E-state index in [0.717, 1.165) is 12.8 Å². The van der Waals surface area contributed by atoms with E-state index in [9.17, 15) is 13.2 Å². The van der Waals surface area contributed by atoms with Crippen molar-refractivity contribution < 1.29 is 17.9 Å². The van der Waals surface area contributed by atoms with Gasteiger partial charge in [-0.25, -0.2) is 13.6 Å². The number of sulfonamides is 1. The van der Waals surface area contributed by atoms with Gasteiger partial charge >= 0.3 is 0 Å². The van der Waals surface area contributed by atoms with Crippen molar-refractivity contribution in [3.8, 4) is 5.75 Å². The van der Waals surface area contributed by atoms with Gasteiger partial charge in [0.25, 0.3) is 0 Å². The third-order valence-electron chi connectivity index (χ3n) is 3.62. The summed E-state index contributed by atoms with van der Waals surface area (Å²) in [7, 11) is -2.52. The number of nitrogens with one attached hydrogen (secondary N) is 1. The fourth-order valence-electron chi connectivity index (χ4n) is 2.26. The van der Waals surface area contributed by atoms with E-state index in [1.165, 1.54) is 19.2 Å². The zero-order valence-electron chi connectivity index (χ0n) is 12.1. The van der Waals surface area contributed by atoms with Crippen molar-refractivity contribution in [3.05, 3.63) is 23.8 Å². The summed E-state index contributed by atoms with van der Waals surface area (Å²) < 4.78 is 28.0. The minimum Gasteiger partial charge on any atom is -0.495 e. The summed E-state index contributed by atoms with van der Waals surface area (Å²) in [6.07, 6.45) is 2.42. The molecule has 0 radical (unpaired) electrons. The molecule has 0 bridgehead atoms. The molecule has 1 fully saturated rings. The van der Waals surface area contributed by atoms with Crippen molar-refractivity contribution in [2.45, 2.75) is 37.1 Å². The summed E-state index contributed by atoms with van der Waals surface area (Å²) in [4.78, 5) is 11.8. The Labute approximate surface area is 124 Å². The van der Waals surface area contributed by atoms with Crippen LogP contribution in [-0.2, 0) is 21.2 Å². The van der Waals surface area contributed by atoms with Gasteiger partial charge in [0.05, 0.1) is 13.5 Å². The van der Waals surface area contributed by atoms with Gasteiger partial charge in [-0.3, -0.25) is 4.79 Å². The molecule has 0 aromatic heterocycles. The second kappa shape index (κ2) is 6.03. The fraction of sp³-hybridized carbons (Fsp3) is 0.500. The lowest BCUT2D eigenvalue weighted by atomic mass is 10.1. The molecule has 1 aromatic rings. The molecule has 0 aliphatic heterocycles. The molecular weight excluding hydrogens is 292 g/mol. The van der Waals surface area contributed by atoms with Crippen LogP contribution in [0.5, 0.6) is 5.75 Å². The van der Waals surface area contributed by atoms with Crippen LogP contribution in [-0.4, -0.2) is 27.5 Å². The molecule has 3 N–H and O–H groups in total. The lowest BCUT2D eigenvalue weighted by Gasteiger charge is -2.13. The lowest BCUT2D eigenvalue weighted by molar-refractivity contribution is -0.121. The number of hydrogen-bond donors (Lipinski definition) is 2. The summed E-state index contributed by atoms with van der Waals surface area (Å²) in [5.41, 5.74) is 0.584. The Kier molecular flexibility index (Phi) is 4.53.